The van der Waals surface area contributed by atoms with Gasteiger partial charge in [0.1, 0.15) is 5.82 Å². The van der Waals surface area contributed by atoms with Gasteiger partial charge in [0.05, 0.1) is 26.9 Å². The molecule has 3 aromatic rings. The van der Waals surface area contributed by atoms with Crippen LogP contribution in [0.15, 0.2) is 36.5 Å². The Kier molecular flexibility index (Phi) is 5.75. The van der Waals surface area contributed by atoms with Crippen LogP contribution in [0.25, 0.3) is 21.9 Å². The highest BCUT2D eigenvalue weighted by molar-refractivity contribution is 6.01. The number of nitrogen functional groups attached to an aromatic ring is 1. The lowest BCUT2D eigenvalue weighted by Gasteiger charge is -2.18. The molecule has 0 aliphatic rings. The molecule has 1 aromatic heterocycles. The van der Waals surface area contributed by atoms with Gasteiger partial charge in [-0.2, -0.15) is 0 Å². The van der Waals surface area contributed by atoms with Crippen LogP contribution in [-0.2, 0) is 13.2 Å². The van der Waals surface area contributed by atoms with Gasteiger partial charge in [0.25, 0.3) is 0 Å². The molecule has 0 atom stereocenters. The van der Waals surface area contributed by atoms with Gasteiger partial charge in [-0.25, -0.2) is 10.8 Å². The number of hydrogen-bond acceptors (Lipinski definition) is 7. The van der Waals surface area contributed by atoms with Crippen LogP contribution in [0.3, 0.4) is 0 Å². The van der Waals surface area contributed by atoms with Gasteiger partial charge in [0.2, 0.25) is 0 Å². The third-order valence-corrected chi connectivity index (χ3v) is 4.45. The van der Waals surface area contributed by atoms with E-state index >= 15 is 0 Å². The SMILES string of the molecule is CCOc1cc2cc(CO)c(CO)c(-c3ccnc(NN)c3)c2cc1OC. The molecule has 1 heterocycles. The van der Waals surface area contributed by atoms with Crippen molar-refractivity contribution in [1.29, 1.82) is 0 Å². The van der Waals surface area contributed by atoms with Crippen LogP contribution in [0.2, 0.25) is 0 Å². The summed E-state index contributed by atoms with van der Waals surface area (Å²) in [6, 6.07) is 9.24. The second-order valence-corrected chi connectivity index (χ2v) is 5.94. The third kappa shape index (κ3) is 3.52. The van der Waals surface area contributed by atoms with Gasteiger partial charge < -0.3 is 25.1 Å². The molecule has 0 unspecified atom stereocenters. The summed E-state index contributed by atoms with van der Waals surface area (Å²) in [7, 11) is 1.58. The summed E-state index contributed by atoms with van der Waals surface area (Å²) in [5.74, 6) is 7.21. The van der Waals surface area contributed by atoms with Crippen molar-refractivity contribution in [3.8, 4) is 22.6 Å². The van der Waals surface area contributed by atoms with E-state index in [1.807, 2.05) is 31.2 Å². The Morgan fingerprint density at radius 3 is 2.56 bits per heavy atom. The van der Waals surface area contributed by atoms with Gasteiger partial charge in [-0.05, 0) is 70.3 Å². The number of ether oxygens (including phenoxy) is 2. The number of anilines is 1. The minimum absolute atomic E-state index is 0.193. The fourth-order valence-electron chi connectivity index (χ4n) is 3.25. The Balaban J connectivity index is 2.39. The first-order valence-electron chi connectivity index (χ1n) is 8.60. The number of benzene rings is 2. The first kappa shape index (κ1) is 18.9. The molecule has 0 bridgehead atoms. The van der Waals surface area contributed by atoms with E-state index in [-0.39, 0.29) is 13.2 Å². The van der Waals surface area contributed by atoms with Crippen molar-refractivity contribution in [2.45, 2.75) is 20.1 Å². The lowest BCUT2D eigenvalue weighted by atomic mass is 9.90. The quantitative estimate of drug-likeness (QED) is 0.374. The third-order valence-electron chi connectivity index (χ3n) is 4.45. The lowest BCUT2D eigenvalue weighted by Crippen LogP contribution is -2.08. The topological polar surface area (TPSA) is 110 Å². The number of aromatic nitrogens is 1. The first-order valence-corrected chi connectivity index (χ1v) is 8.60. The van der Waals surface area contributed by atoms with Crippen LogP contribution in [0.5, 0.6) is 11.5 Å². The number of rotatable bonds is 7. The summed E-state index contributed by atoms with van der Waals surface area (Å²) < 4.78 is 11.2. The molecule has 142 valence electrons. The number of nitrogens with one attached hydrogen (secondary N) is 1. The molecular formula is C20H23N3O4. The van der Waals surface area contributed by atoms with E-state index in [1.165, 1.54) is 0 Å². The Morgan fingerprint density at radius 2 is 1.93 bits per heavy atom. The fraction of sp³-hybridized carbons (Fsp3) is 0.250. The van der Waals surface area contributed by atoms with E-state index in [1.54, 1.807) is 19.4 Å². The molecule has 2 aromatic carbocycles. The molecule has 0 radical (unpaired) electrons. The molecule has 5 N–H and O–H groups in total. The van der Waals surface area contributed by atoms with Crippen molar-refractivity contribution >= 4 is 16.6 Å². The molecule has 0 aliphatic carbocycles. The Hall–Kier alpha value is -2.87. The molecule has 3 rings (SSSR count). The standard InChI is InChI=1S/C20H23N3O4/c1-3-27-18-7-13-6-14(10-24)16(11-25)20(15(13)9-17(18)26-2)12-4-5-22-19(8-12)23-21/h4-9,24-25H,3,10-11,21H2,1-2H3,(H,22,23). The number of aliphatic hydroxyl groups is 2. The summed E-state index contributed by atoms with van der Waals surface area (Å²) >= 11 is 0. The van der Waals surface area contributed by atoms with E-state index in [0.717, 1.165) is 21.9 Å². The van der Waals surface area contributed by atoms with Gasteiger partial charge in [0.15, 0.2) is 11.5 Å². The number of nitrogens with two attached hydrogens (primary N) is 1. The molecule has 0 fully saturated rings. The highest BCUT2D eigenvalue weighted by Crippen LogP contribution is 2.40. The Labute approximate surface area is 157 Å². The maximum atomic E-state index is 10.0. The van der Waals surface area contributed by atoms with Gasteiger partial charge in [-0.3, -0.25) is 0 Å². The molecule has 0 spiro atoms. The Bertz CT molecular complexity index is 960. The van der Waals surface area contributed by atoms with Gasteiger partial charge in [-0.1, -0.05) is 0 Å². The second kappa shape index (κ2) is 8.22. The summed E-state index contributed by atoms with van der Waals surface area (Å²) in [4.78, 5) is 4.14. The molecule has 0 aliphatic heterocycles. The highest BCUT2D eigenvalue weighted by atomic mass is 16.5. The molecule has 27 heavy (non-hydrogen) atoms. The average molecular weight is 369 g/mol. The van der Waals surface area contributed by atoms with Crippen molar-refractivity contribution in [3.05, 3.63) is 47.7 Å². The predicted molar refractivity (Wildman–Crippen MR) is 105 cm³/mol. The maximum Gasteiger partial charge on any atom is 0.161 e. The first-order chi connectivity index (χ1) is 13.2. The molecule has 0 amide bonds. The van der Waals surface area contributed by atoms with Crippen LogP contribution in [0, 0.1) is 0 Å². The van der Waals surface area contributed by atoms with E-state index in [4.69, 9.17) is 15.3 Å². The molecular weight excluding hydrogens is 346 g/mol. The smallest absolute Gasteiger partial charge is 0.161 e. The number of fused-ring (bicyclic) bond motifs is 1. The van der Waals surface area contributed by atoms with E-state index in [9.17, 15) is 10.2 Å². The molecule has 0 saturated heterocycles. The molecule has 7 nitrogen and oxygen atoms in total. The number of hydrazine groups is 1. The predicted octanol–water partition coefficient (Wildman–Crippen LogP) is 2.58. The largest absolute Gasteiger partial charge is 0.493 e. The Morgan fingerprint density at radius 1 is 1.11 bits per heavy atom. The zero-order valence-electron chi connectivity index (χ0n) is 15.3. The van der Waals surface area contributed by atoms with Crippen molar-refractivity contribution in [1.82, 2.24) is 4.98 Å². The molecule has 7 heteroatoms. The maximum absolute atomic E-state index is 10.0. The van der Waals surface area contributed by atoms with Gasteiger partial charge >= 0.3 is 0 Å². The number of aliphatic hydroxyl groups excluding tert-OH is 2. The van der Waals surface area contributed by atoms with Crippen LogP contribution in [-0.4, -0.2) is 28.9 Å². The number of pyridine rings is 1. The fourth-order valence-corrected chi connectivity index (χ4v) is 3.25. The average Bonchev–Trinajstić information content (AvgIpc) is 2.71. The monoisotopic (exact) mass is 369 g/mol. The van der Waals surface area contributed by atoms with Gasteiger partial charge in [-0.15, -0.1) is 0 Å². The zero-order chi connectivity index (χ0) is 19.4. The minimum atomic E-state index is -0.218. The number of methoxy groups -OCH3 is 1. The summed E-state index contributed by atoms with van der Waals surface area (Å²) in [5.41, 5.74) is 5.43. The number of hydrogen-bond donors (Lipinski definition) is 4. The van der Waals surface area contributed by atoms with Crippen LogP contribution >= 0.6 is 0 Å². The van der Waals surface area contributed by atoms with Crippen LogP contribution in [0.1, 0.15) is 18.1 Å². The van der Waals surface area contributed by atoms with Crippen LogP contribution in [0.4, 0.5) is 5.82 Å². The van der Waals surface area contributed by atoms with Crippen molar-refractivity contribution < 1.29 is 19.7 Å². The second-order valence-electron chi connectivity index (χ2n) is 5.94. The summed E-state index contributed by atoms with van der Waals surface area (Å²) in [5, 5.41) is 21.6. The van der Waals surface area contributed by atoms with E-state index in [0.29, 0.717) is 35.1 Å². The highest BCUT2D eigenvalue weighted by Gasteiger charge is 2.18. The normalized spacial score (nSPS) is 10.9. The lowest BCUT2D eigenvalue weighted by molar-refractivity contribution is 0.260. The van der Waals surface area contributed by atoms with Crippen molar-refractivity contribution in [2.75, 3.05) is 19.1 Å². The van der Waals surface area contributed by atoms with Crippen molar-refractivity contribution in [3.63, 3.8) is 0 Å². The van der Waals surface area contributed by atoms with E-state index in [2.05, 4.69) is 10.4 Å². The van der Waals surface area contributed by atoms with E-state index < -0.39 is 0 Å². The van der Waals surface area contributed by atoms with Crippen molar-refractivity contribution in [2.24, 2.45) is 5.84 Å². The summed E-state index contributed by atoms with van der Waals surface area (Å²) in [6.45, 7) is 2.00. The number of nitrogens with zero attached hydrogens (tertiary/aromatic N) is 1. The summed E-state index contributed by atoms with van der Waals surface area (Å²) in [6.07, 6.45) is 1.63. The zero-order valence-corrected chi connectivity index (χ0v) is 15.3. The minimum Gasteiger partial charge on any atom is -0.493 e. The molecule has 0 saturated carbocycles. The van der Waals surface area contributed by atoms with Gasteiger partial charge in [0, 0.05) is 6.20 Å². The van der Waals surface area contributed by atoms with Crippen LogP contribution < -0.4 is 20.7 Å².